The number of carbonyl (C=O) groups is 1. The Kier molecular flexibility index (Phi) is 5.28. The van der Waals surface area contributed by atoms with Crippen LogP contribution in [0.1, 0.15) is 43.4 Å². The number of hydrogen-bond donors (Lipinski definition) is 0. The summed E-state index contributed by atoms with van der Waals surface area (Å²) in [5, 5.41) is 0. The number of likely N-dealkylation sites (tertiary alicyclic amines) is 1. The molecular weight excluding hydrogens is 266 g/mol. The predicted molar refractivity (Wildman–Crippen MR) is 81.1 cm³/mol. The summed E-state index contributed by atoms with van der Waals surface area (Å²) >= 11 is 0. The predicted octanol–water partition coefficient (Wildman–Crippen LogP) is 1.95. The maximum absolute atomic E-state index is 12.0. The van der Waals surface area contributed by atoms with E-state index in [-0.39, 0.29) is 5.91 Å². The van der Waals surface area contributed by atoms with Crippen molar-refractivity contribution in [2.45, 2.75) is 39.5 Å². The van der Waals surface area contributed by atoms with E-state index < -0.39 is 0 Å². The van der Waals surface area contributed by atoms with Crippen molar-refractivity contribution in [3.05, 3.63) is 23.3 Å². The van der Waals surface area contributed by atoms with Crippen molar-refractivity contribution in [2.75, 3.05) is 26.8 Å². The van der Waals surface area contributed by atoms with E-state index in [2.05, 4.69) is 29.9 Å². The van der Waals surface area contributed by atoms with E-state index in [1.165, 1.54) is 0 Å². The van der Waals surface area contributed by atoms with Crippen molar-refractivity contribution in [1.82, 2.24) is 14.9 Å². The van der Waals surface area contributed by atoms with E-state index in [0.717, 1.165) is 30.2 Å². The SMILES string of the molecule is COCCN1C[C@@H](Cc2cc(C(C)C)nc(C)n2)CC1=O. The van der Waals surface area contributed by atoms with Crippen LogP contribution in [0.25, 0.3) is 0 Å². The molecule has 1 aromatic heterocycles. The highest BCUT2D eigenvalue weighted by atomic mass is 16.5. The number of aromatic nitrogens is 2. The third kappa shape index (κ3) is 4.24. The van der Waals surface area contributed by atoms with Gasteiger partial charge in [-0.05, 0) is 31.2 Å². The zero-order chi connectivity index (χ0) is 15.4. The minimum atomic E-state index is 0.229. The van der Waals surface area contributed by atoms with Crippen LogP contribution < -0.4 is 0 Å². The summed E-state index contributed by atoms with van der Waals surface area (Å²) in [6.07, 6.45) is 1.46. The fourth-order valence-corrected chi connectivity index (χ4v) is 2.76. The summed E-state index contributed by atoms with van der Waals surface area (Å²) in [6.45, 7) is 8.30. The van der Waals surface area contributed by atoms with Gasteiger partial charge in [0.1, 0.15) is 5.82 Å². The molecule has 1 atom stereocenters. The quantitative estimate of drug-likeness (QED) is 0.804. The number of aryl methyl sites for hydroxylation is 1. The summed E-state index contributed by atoms with van der Waals surface area (Å²) in [7, 11) is 1.66. The van der Waals surface area contributed by atoms with E-state index in [1.54, 1.807) is 7.11 Å². The molecule has 1 amide bonds. The molecule has 1 fully saturated rings. The molecule has 21 heavy (non-hydrogen) atoms. The summed E-state index contributed by atoms with van der Waals surface area (Å²) < 4.78 is 5.05. The average Bonchev–Trinajstić information content (AvgIpc) is 2.75. The van der Waals surface area contributed by atoms with Crippen LogP contribution in [0.3, 0.4) is 0 Å². The van der Waals surface area contributed by atoms with E-state index >= 15 is 0 Å². The molecule has 0 aromatic carbocycles. The second-order valence-corrected chi connectivity index (χ2v) is 6.09. The highest BCUT2D eigenvalue weighted by Crippen LogP contribution is 2.22. The lowest BCUT2D eigenvalue weighted by atomic mass is 10.0. The molecule has 0 radical (unpaired) electrons. The van der Waals surface area contributed by atoms with Crippen molar-refractivity contribution in [2.24, 2.45) is 5.92 Å². The van der Waals surface area contributed by atoms with Gasteiger partial charge in [-0.1, -0.05) is 13.8 Å². The number of ether oxygens (including phenoxy) is 1. The first-order valence-corrected chi connectivity index (χ1v) is 7.60. The molecule has 2 heterocycles. The first-order valence-electron chi connectivity index (χ1n) is 7.60. The maximum atomic E-state index is 12.0. The van der Waals surface area contributed by atoms with Crippen LogP contribution in [0.4, 0.5) is 0 Å². The van der Waals surface area contributed by atoms with Crippen LogP contribution in [-0.4, -0.2) is 47.6 Å². The minimum absolute atomic E-state index is 0.229. The van der Waals surface area contributed by atoms with E-state index in [1.807, 2.05) is 11.8 Å². The monoisotopic (exact) mass is 291 g/mol. The second-order valence-electron chi connectivity index (χ2n) is 6.09. The first kappa shape index (κ1) is 15.9. The highest BCUT2D eigenvalue weighted by Gasteiger charge is 2.29. The van der Waals surface area contributed by atoms with Gasteiger partial charge in [0.15, 0.2) is 0 Å². The fourth-order valence-electron chi connectivity index (χ4n) is 2.76. The molecule has 5 nitrogen and oxygen atoms in total. The summed E-state index contributed by atoms with van der Waals surface area (Å²) in [6, 6.07) is 2.08. The topological polar surface area (TPSA) is 55.3 Å². The molecule has 0 spiro atoms. The largest absolute Gasteiger partial charge is 0.383 e. The zero-order valence-electron chi connectivity index (χ0n) is 13.4. The van der Waals surface area contributed by atoms with Gasteiger partial charge < -0.3 is 9.64 Å². The molecule has 5 heteroatoms. The molecule has 0 bridgehead atoms. The molecule has 116 valence electrons. The number of rotatable bonds is 6. The van der Waals surface area contributed by atoms with Gasteiger partial charge in [0.25, 0.3) is 0 Å². The molecule has 1 saturated heterocycles. The van der Waals surface area contributed by atoms with Gasteiger partial charge in [0.05, 0.1) is 6.61 Å². The second kappa shape index (κ2) is 6.98. The Morgan fingerprint density at radius 3 is 2.86 bits per heavy atom. The molecule has 0 aliphatic carbocycles. The molecule has 1 aliphatic rings. The molecule has 1 aromatic rings. The summed E-state index contributed by atoms with van der Waals surface area (Å²) in [5.74, 6) is 1.79. The van der Waals surface area contributed by atoms with Gasteiger partial charge >= 0.3 is 0 Å². The summed E-state index contributed by atoms with van der Waals surface area (Å²) in [4.78, 5) is 22.9. The number of hydrogen-bond acceptors (Lipinski definition) is 4. The maximum Gasteiger partial charge on any atom is 0.223 e. The van der Waals surface area contributed by atoms with Gasteiger partial charge in [-0.25, -0.2) is 9.97 Å². The van der Waals surface area contributed by atoms with E-state index in [9.17, 15) is 4.79 Å². The minimum Gasteiger partial charge on any atom is -0.383 e. The lowest BCUT2D eigenvalue weighted by Crippen LogP contribution is -2.29. The van der Waals surface area contributed by atoms with Crippen LogP contribution in [-0.2, 0) is 16.0 Å². The normalized spacial score (nSPS) is 18.8. The van der Waals surface area contributed by atoms with Crippen LogP contribution in [0.2, 0.25) is 0 Å². The number of nitrogens with zero attached hydrogens (tertiary/aromatic N) is 3. The van der Waals surface area contributed by atoms with Gasteiger partial charge in [-0.3, -0.25) is 4.79 Å². The zero-order valence-corrected chi connectivity index (χ0v) is 13.4. The van der Waals surface area contributed by atoms with Crippen LogP contribution >= 0.6 is 0 Å². The van der Waals surface area contributed by atoms with E-state index in [4.69, 9.17) is 4.74 Å². The number of amides is 1. The molecule has 0 unspecified atom stereocenters. The van der Waals surface area contributed by atoms with Gasteiger partial charge in [-0.2, -0.15) is 0 Å². The van der Waals surface area contributed by atoms with E-state index in [0.29, 0.717) is 31.4 Å². The molecule has 0 saturated carbocycles. The van der Waals surface area contributed by atoms with Gasteiger partial charge in [0, 0.05) is 38.0 Å². The van der Waals surface area contributed by atoms with Crippen molar-refractivity contribution < 1.29 is 9.53 Å². The Morgan fingerprint density at radius 2 is 2.19 bits per heavy atom. The third-order valence-corrected chi connectivity index (χ3v) is 3.86. The smallest absolute Gasteiger partial charge is 0.223 e. The Hall–Kier alpha value is -1.49. The fraction of sp³-hybridized carbons (Fsp3) is 0.688. The van der Waals surface area contributed by atoms with Crippen LogP contribution in [0.15, 0.2) is 6.07 Å². The highest BCUT2D eigenvalue weighted by molar-refractivity contribution is 5.78. The average molecular weight is 291 g/mol. The van der Waals surface area contributed by atoms with Crippen LogP contribution in [0.5, 0.6) is 0 Å². The van der Waals surface area contributed by atoms with Gasteiger partial charge in [0.2, 0.25) is 5.91 Å². The Bertz CT molecular complexity index is 502. The standard InChI is InChI=1S/C16H25N3O2/c1-11(2)15-9-14(17-12(3)18-15)7-13-8-16(20)19(10-13)5-6-21-4/h9,11,13H,5-8,10H2,1-4H3/t13-/m0/s1. The summed E-state index contributed by atoms with van der Waals surface area (Å²) in [5.41, 5.74) is 2.13. The molecule has 2 rings (SSSR count). The Balaban J connectivity index is 2.01. The number of methoxy groups -OCH3 is 1. The third-order valence-electron chi connectivity index (χ3n) is 3.86. The Labute approximate surface area is 126 Å². The molecular formula is C16H25N3O2. The van der Waals surface area contributed by atoms with Crippen LogP contribution in [0, 0.1) is 12.8 Å². The number of carbonyl (C=O) groups excluding carboxylic acids is 1. The molecule has 1 aliphatic heterocycles. The van der Waals surface area contributed by atoms with Crippen molar-refractivity contribution >= 4 is 5.91 Å². The van der Waals surface area contributed by atoms with Crippen molar-refractivity contribution in [3.8, 4) is 0 Å². The lowest BCUT2D eigenvalue weighted by Gasteiger charge is -2.16. The lowest BCUT2D eigenvalue weighted by molar-refractivity contribution is -0.128. The van der Waals surface area contributed by atoms with Crippen molar-refractivity contribution in [1.29, 1.82) is 0 Å². The first-order chi connectivity index (χ1) is 9.99. The molecule has 0 N–H and O–H groups in total. The Morgan fingerprint density at radius 1 is 1.43 bits per heavy atom. The van der Waals surface area contributed by atoms with Gasteiger partial charge in [-0.15, -0.1) is 0 Å². The van der Waals surface area contributed by atoms with Crippen molar-refractivity contribution in [3.63, 3.8) is 0 Å².